The zero-order valence-corrected chi connectivity index (χ0v) is 14.5. The molecule has 0 saturated carbocycles. The number of aryl methyl sites for hydroxylation is 1. The van der Waals surface area contributed by atoms with Crippen LogP contribution in [0.5, 0.6) is 0 Å². The number of rotatable bonds is 8. The van der Waals surface area contributed by atoms with E-state index in [-0.39, 0.29) is 11.8 Å². The number of methoxy groups -OCH3 is 1. The number of aromatic nitrogens is 1. The Hall–Kier alpha value is -1.08. The van der Waals surface area contributed by atoms with Crippen LogP contribution >= 0.6 is 23.1 Å². The molecule has 1 rings (SSSR count). The molecule has 1 amide bonds. The van der Waals surface area contributed by atoms with E-state index < -0.39 is 12.0 Å². The average molecular weight is 330 g/mol. The third-order valence-corrected chi connectivity index (χ3v) is 4.64. The molecule has 1 aromatic rings. The Kier molecular flexibility index (Phi) is 7.74. The number of hydrogen-bond donors (Lipinski definition) is 1. The number of amides is 1. The molecule has 0 aliphatic heterocycles. The van der Waals surface area contributed by atoms with Crippen molar-refractivity contribution >= 4 is 35.0 Å². The van der Waals surface area contributed by atoms with Crippen LogP contribution in [0.4, 0.5) is 0 Å². The summed E-state index contributed by atoms with van der Waals surface area (Å²) in [6.45, 7) is 5.73. The fourth-order valence-corrected chi connectivity index (χ4v) is 3.24. The van der Waals surface area contributed by atoms with Gasteiger partial charge in [-0.25, -0.2) is 9.78 Å². The number of hydrogen-bond acceptors (Lipinski definition) is 6. The Morgan fingerprint density at radius 2 is 2.19 bits per heavy atom. The van der Waals surface area contributed by atoms with Crippen LogP contribution in [0.25, 0.3) is 0 Å². The lowest BCUT2D eigenvalue weighted by atomic mass is 10.0. The topological polar surface area (TPSA) is 68.3 Å². The molecule has 1 unspecified atom stereocenters. The molecular weight excluding hydrogens is 308 g/mol. The summed E-state index contributed by atoms with van der Waals surface area (Å²) in [7, 11) is 1.33. The summed E-state index contributed by atoms with van der Waals surface area (Å²) >= 11 is 3.30. The van der Waals surface area contributed by atoms with Crippen molar-refractivity contribution in [3.63, 3.8) is 0 Å². The molecule has 1 atom stereocenters. The lowest BCUT2D eigenvalue weighted by molar-refractivity contribution is -0.146. The van der Waals surface area contributed by atoms with Gasteiger partial charge in [0.25, 0.3) is 0 Å². The maximum absolute atomic E-state index is 11.8. The van der Waals surface area contributed by atoms with E-state index in [1.807, 2.05) is 26.2 Å². The normalized spacial score (nSPS) is 12.2. The third-order valence-electron chi connectivity index (χ3n) is 2.83. The van der Waals surface area contributed by atoms with Gasteiger partial charge >= 0.3 is 5.97 Å². The summed E-state index contributed by atoms with van der Waals surface area (Å²) in [6, 6.07) is -0.575. The Morgan fingerprint density at radius 3 is 2.71 bits per heavy atom. The van der Waals surface area contributed by atoms with Gasteiger partial charge in [0.05, 0.1) is 17.8 Å². The van der Waals surface area contributed by atoms with Crippen molar-refractivity contribution in [2.75, 3.05) is 12.9 Å². The second-order valence-electron chi connectivity index (χ2n) is 4.97. The fraction of sp³-hybridized carbons (Fsp3) is 0.643. The fourth-order valence-electron chi connectivity index (χ4n) is 1.69. The second-order valence-corrected chi connectivity index (χ2v) is 7.14. The molecular formula is C14H22N2O3S2. The average Bonchev–Trinajstić information content (AvgIpc) is 2.85. The van der Waals surface area contributed by atoms with Gasteiger partial charge in [-0.1, -0.05) is 13.8 Å². The van der Waals surface area contributed by atoms with E-state index in [9.17, 15) is 9.59 Å². The van der Waals surface area contributed by atoms with Crippen molar-refractivity contribution in [1.82, 2.24) is 10.3 Å². The summed E-state index contributed by atoms with van der Waals surface area (Å²) in [6.07, 6.45) is 0.383. The highest BCUT2D eigenvalue weighted by Crippen LogP contribution is 2.15. The van der Waals surface area contributed by atoms with E-state index in [1.165, 1.54) is 7.11 Å². The largest absolute Gasteiger partial charge is 0.467 e. The Morgan fingerprint density at radius 1 is 1.48 bits per heavy atom. The van der Waals surface area contributed by atoms with Gasteiger partial charge in [-0.05, 0) is 12.8 Å². The molecule has 0 spiro atoms. The SMILES string of the molecule is COC(=O)C(NC(=O)CCSCc1csc(C)n1)C(C)C. The highest BCUT2D eigenvalue weighted by atomic mass is 32.2. The Balaban J connectivity index is 2.28. The Bertz CT molecular complexity index is 475. The first-order valence-corrected chi connectivity index (χ1v) is 8.83. The molecule has 0 aliphatic rings. The van der Waals surface area contributed by atoms with Crippen LogP contribution in [0.15, 0.2) is 5.38 Å². The smallest absolute Gasteiger partial charge is 0.328 e. The molecule has 0 radical (unpaired) electrons. The molecule has 0 bridgehead atoms. The zero-order valence-electron chi connectivity index (χ0n) is 12.8. The minimum atomic E-state index is -0.575. The van der Waals surface area contributed by atoms with Crippen molar-refractivity contribution in [2.24, 2.45) is 5.92 Å². The van der Waals surface area contributed by atoms with E-state index in [0.717, 1.165) is 16.5 Å². The maximum Gasteiger partial charge on any atom is 0.328 e. The van der Waals surface area contributed by atoms with Crippen LogP contribution in [0, 0.1) is 12.8 Å². The van der Waals surface area contributed by atoms with Gasteiger partial charge in [-0.3, -0.25) is 4.79 Å². The monoisotopic (exact) mass is 330 g/mol. The summed E-state index contributed by atoms with van der Waals surface area (Å²) in [5, 5.41) is 5.82. The molecule has 0 fully saturated rings. The van der Waals surface area contributed by atoms with Crippen LogP contribution in [0.2, 0.25) is 0 Å². The van der Waals surface area contributed by atoms with E-state index >= 15 is 0 Å². The van der Waals surface area contributed by atoms with E-state index in [4.69, 9.17) is 4.74 Å². The molecule has 21 heavy (non-hydrogen) atoms. The number of nitrogens with zero attached hydrogens (tertiary/aromatic N) is 1. The zero-order chi connectivity index (χ0) is 15.8. The van der Waals surface area contributed by atoms with Crippen LogP contribution in [0.1, 0.15) is 31.0 Å². The predicted octanol–water partition coefficient (Wildman–Crippen LogP) is 2.39. The van der Waals surface area contributed by atoms with Crippen molar-refractivity contribution in [3.8, 4) is 0 Å². The van der Waals surface area contributed by atoms with E-state index in [1.54, 1.807) is 23.1 Å². The van der Waals surface area contributed by atoms with Crippen molar-refractivity contribution < 1.29 is 14.3 Å². The van der Waals surface area contributed by atoms with Crippen molar-refractivity contribution in [3.05, 3.63) is 16.1 Å². The summed E-state index contributed by atoms with van der Waals surface area (Å²) in [5.41, 5.74) is 1.05. The van der Waals surface area contributed by atoms with Crippen LogP contribution in [0.3, 0.4) is 0 Å². The van der Waals surface area contributed by atoms with Crippen molar-refractivity contribution in [2.45, 2.75) is 39.0 Å². The molecule has 7 heteroatoms. The van der Waals surface area contributed by atoms with E-state index in [2.05, 4.69) is 10.3 Å². The minimum absolute atomic E-state index is 0.00651. The Labute approximate surface area is 133 Å². The lowest BCUT2D eigenvalue weighted by Crippen LogP contribution is -2.45. The number of thioether (sulfide) groups is 1. The number of carbonyl (C=O) groups excluding carboxylic acids is 2. The third kappa shape index (κ3) is 6.48. The predicted molar refractivity (Wildman–Crippen MR) is 86.4 cm³/mol. The van der Waals surface area contributed by atoms with E-state index in [0.29, 0.717) is 12.2 Å². The lowest BCUT2D eigenvalue weighted by Gasteiger charge is -2.19. The quantitative estimate of drug-likeness (QED) is 0.585. The molecule has 1 N–H and O–H groups in total. The molecule has 1 heterocycles. The number of nitrogens with one attached hydrogen (secondary N) is 1. The van der Waals surface area contributed by atoms with Gasteiger partial charge in [-0.15, -0.1) is 11.3 Å². The van der Waals surface area contributed by atoms with Gasteiger partial charge in [0.2, 0.25) is 5.91 Å². The van der Waals surface area contributed by atoms with Crippen LogP contribution < -0.4 is 5.32 Å². The summed E-state index contributed by atoms with van der Waals surface area (Å²) < 4.78 is 4.69. The first kappa shape index (κ1) is 18.0. The number of esters is 1. The molecule has 5 nitrogen and oxygen atoms in total. The summed E-state index contributed by atoms with van der Waals surface area (Å²) in [5.74, 6) is 0.994. The van der Waals surface area contributed by atoms with Crippen LogP contribution in [-0.2, 0) is 20.1 Å². The van der Waals surface area contributed by atoms with Gasteiger partial charge < -0.3 is 10.1 Å². The van der Waals surface area contributed by atoms with Gasteiger partial charge in [0.1, 0.15) is 6.04 Å². The minimum Gasteiger partial charge on any atom is -0.467 e. The highest BCUT2D eigenvalue weighted by Gasteiger charge is 2.24. The standard InChI is InChI=1S/C14H22N2O3S2/c1-9(2)13(14(18)19-4)16-12(17)5-6-20-7-11-8-21-10(3)15-11/h8-9,13H,5-7H2,1-4H3,(H,16,17). The van der Waals surface area contributed by atoms with Gasteiger partial charge in [0.15, 0.2) is 0 Å². The molecule has 0 aromatic carbocycles. The number of carbonyl (C=O) groups is 2. The number of thiazole rings is 1. The first-order valence-electron chi connectivity index (χ1n) is 6.80. The number of ether oxygens (including phenoxy) is 1. The maximum atomic E-state index is 11.8. The molecule has 0 saturated heterocycles. The van der Waals surface area contributed by atoms with Crippen molar-refractivity contribution in [1.29, 1.82) is 0 Å². The van der Waals surface area contributed by atoms with Gasteiger partial charge in [-0.2, -0.15) is 11.8 Å². The highest BCUT2D eigenvalue weighted by molar-refractivity contribution is 7.98. The molecule has 0 aliphatic carbocycles. The first-order chi connectivity index (χ1) is 9.93. The molecule has 1 aromatic heterocycles. The van der Waals surface area contributed by atoms with Gasteiger partial charge in [0, 0.05) is 23.3 Å². The second kappa shape index (κ2) is 9.04. The molecule has 118 valence electrons. The summed E-state index contributed by atoms with van der Waals surface area (Å²) in [4.78, 5) is 27.8. The van der Waals surface area contributed by atoms with Crippen LogP contribution in [-0.4, -0.2) is 35.8 Å².